The van der Waals surface area contributed by atoms with Crippen LogP contribution in [0.5, 0.6) is 0 Å². The van der Waals surface area contributed by atoms with Crippen molar-refractivity contribution < 1.29 is 0 Å². The molecule has 1 aliphatic carbocycles. The van der Waals surface area contributed by atoms with Crippen LogP contribution in [0.15, 0.2) is 11.4 Å². The zero-order chi connectivity index (χ0) is 10.9. The van der Waals surface area contributed by atoms with Crippen molar-refractivity contribution in [3.63, 3.8) is 0 Å². The van der Waals surface area contributed by atoms with Gasteiger partial charge in [0.2, 0.25) is 0 Å². The van der Waals surface area contributed by atoms with Gasteiger partial charge in [0, 0.05) is 4.88 Å². The minimum absolute atomic E-state index is 0.148. The van der Waals surface area contributed by atoms with Gasteiger partial charge in [0.05, 0.1) is 17.5 Å². The molecule has 1 atom stereocenters. The maximum Gasteiger partial charge on any atom is 0.0776 e. The van der Waals surface area contributed by atoms with Gasteiger partial charge in [-0.2, -0.15) is 5.26 Å². The predicted octanol–water partition coefficient (Wildman–Crippen LogP) is 3.01. The number of hydrogen-bond acceptors (Lipinski definition) is 3. The van der Waals surface area contributed by atoms with Crippen molar-refractivity contribution in [1.29, 1.82) is 5.26 Å². The second-order valence-corrected chi connectivity index (χ2v) is 5.26. The Morgan fingerprint density at radius 2 is 2.33 bits per heavy atom. The maximum atomic E-state index is 9.34. The molecule has 80 valence electrons. The molecule has 0 aromatic carbocycles. The first kappa shape index (κ1) is 10.7. The third kappa shape index (κ3) is 1.58. The Balaban J connectivity index is 2.33. The fraction of sp³-hybridized carbons (Fsp3) is 0.583. The SMILES string of the molecule is CNC(c1sccc1C)C1(C#N)CCC1. The molecule has 1 aromatic heterocycles. The highest BCUT2D eigenvalue weighted by atomic mass is 32.1. The van der Waals surface area contributed by atoms with Crippen LogP contribution in [0.1, 0.15) is 35.7 Å². The van der Waals surface area contributed by atoms with Gasteiger partial charge in [0.25, 0.3) is 0 Å². The second-order valence-electron chi connectivity index (χ2n) is 4.31. The van der Waals surface area contributed by atoms with Crippen molar-refractivity contribution in [2.24, 2.45) is 5.41 Å². The lowest BCUT2D eigenvalue weighted by Crippen LogP contribution is -2.40. The molecule has 0 radical (unpaired) electrons. The fourth-order valence-corrected chi connectivity index (χ4v) is 3.51. The summed E-state index contributed by atoms with van der Waals surface area (Å²) in [5.41, 5.74) is 1.16. The zero-order valence-corrected chi connectivity index (χ0v) is 10.0. The quantitative estimate of drug-likeness (QED) is 0.850. The molecule has 1 fully saturated rings. The minimum Gasteiger partial charge on any atom is -0.311 e. The smallest absolute Gasteiger partial charge is 0.0776 e. The van der Waals surface area contributed by atoms with E-state index in [9.17, 15) is 5.26 Å². The number of rotatable bonds is 3. The van der Waals surface area contributed by atoms with E-state index in [0.29, 0.717) is 0 Å². The normalized spacial score (nSPS) is 20.3. The van der Waals surface area contributed by atoms with Gasteiger partial charge in [-0.25, -0.2) is 0 Å². The van der Waals surface area contributed by atoms with E-state index in [0.717, 1.165) is 12.8 Å². The van der Waals surface area contributed by atoms with Gasteiger partial charge in [0.1, 0.15) is 0 Å². The van der Waals surface area contributed by atoms with Crippen LogP contribution in [0, 0.1) is 23.7 Å². The van der Waals surface area contributed by atoms with Crippen molar-refractivity contribution in [3.05, 3.63) is 21.9 Å². The topological polar surface area (TPSA) is 35.8 Å². The Morgan fingerprint density at radius 1 is 1.60 bits per heavy atom. The van der Waals surface area contributed by atoms with E-state index in [1.807, 2.05) is 7.05 Å². The molecular formula is C12H16N2S. The monoisotopic (exact) mass is 220 g/mol. The van der Waals surface area contributed by atoms with E-state index in [1.54, 1.807) is 11.3 Å². The molecule has 0 bridgehead atoms. The lowest BCUT2D eigenvalue weighted by atomic mass is 9.64. The number of aryl methyl sites for hydroxylation is 1. The van der Waals surface area contributed by atoms with E-state index in [2.05, 4.69) is 29.8 Å². The summed E-state index contributed by atoms with van der Waals surface area (Å²) in [5.74, 6) is 0. The Bertz CT molecular complexity index is 385. The fourth-order valence-electron chi connectivity index (χ4n) is 2.36. The van der Waals surface area contributed by atoms with Gasteiger partial charge in [-0.1, -0.05) is 6.42 Å². The van der Waals surface area contributed by atoms with E-state index < -0.39 is 0 Å². The summed E-state index contributed by atoms with van der Waals surface area (Å²) >= 11 is 1.76. The van der Waals surface area contributed by atoms with Crippen LogP contribution in [-0.4, -0.2) is 7.05 Å². The molecule has 3 heteroatoms. The molecule has 1 aromatic rings. The Hall–Kier alpha value is -0.850. The molecule has 2 nitrogen and oxygen atoms in total. The van der Waals surface area contributed by atoms with Crippen molar-refractivity contribution >= 4 is 11.3 Å². The summed E-state index contributed by atoms with van der Waals surface area (Å²) in [6.45, 7) is 2.12. The molecular weight excluding hydrogens is 204 g/mol. The largest absolute Gasteiger partial charge is 0.311 e. The van der Waals surface area contributed by atoms with Gasteiger partial charge in [-0.15, -0.1) is 11.3 Å². The molecule has 1 unspecified atom stereocenters. The highest BCUT2D eigenvalue weighted by Gasteiger charge is 2.45. The van der Waals surface area contributed by atoms with Crippen LogP contribution in [0.4, 0.5) is 0 Å². The average Bonchev–Trinajstić information content (AvgIpc) is 2.58. The molecule has 0 aliphatic heterocycles. The lowest BCUT2D eigenvalue weighted by Gasteiger charge is -2.41. The van der Waals surface area contributed by atoms with Crippen molar-refractivity contribution in [3.8, 4) is 6.07 Å². The highest BCUT2D eigenvalue weighted by molar-refractivity contribution is 7.10. The van der Waals surface area contributed by atoms with E-state index in [-0.39, 0.29) is 11.5 Å². The zero-order valence-electron chi connectivity index (χ0n) is 9.21. The number of hydrogen-bond donors (Lipinski definition) is 1. The van der Waals surface area contributed by atoms with Gasteiger partial charge < -0.3 is 5.32 Å². The first-order valence-corrected chi connectivity index (χ1v) is 6.24. The third-order valence-corrected chi connectivity index (χ3v) is 4.56. The van der Waals surface area contributed by atoms with Crippen LogP contribution in [0.2, 0.25) is 0 Å². The minimum atomic E-state index is -0.148. The molecule has 2 rings (SSSR count). The molecule has 0 spiro atoms. The van der Waals surface area contributed by atoms with Crippen LogP contribution in [0.3, 0.4) is 0 Å². The second kappa shape index (κ2) is 3.96. The van der Waals surface area contributed by atoms with E-state index in [4.69, 9.17) is 0 Å². The summed E-state index contributed by atoms with van der Waals surface area (Å²) in [5, 5.41) is 14.8. The molecule has 1 saturated carbocycles. The summed E-state index contributed by atoms with van der Waals surface area (Å²) in [7, 11) is 1.96. The number of nitrogens with zero attached hydrogens (tertiary/aromatic N) is 1. The number of thiophene rings is 1. The highest BCUT2D eigenvalue weighted by Crippen LogP contribution is 2.51. The van der Waals surface area contributed by atoms with Crippen molar-refractivity contribution in [2.75, 3.05) is 7.05 Å². The standard InChI is InChI=1S/C12H16N2S/c1-9-4-7-15-10(9)11(14-2)12(8-13)5-3-6-12/h4,7,11,14H,3,5-6H2,1-2H3. The number of nitrogens with one attached hydrogen (secondary N) is 1. The first-order chi connectivity index (χ1) is 7.23. The summed E-state index contributed by atoms with van der Waals surface area (Å²) in [4.78, 5) is 1.33. The van der Waals surface area contributed by atoms with Gasteiger partial charge >= 0.3 is 0 Å². The molecule has 1 N–H and O–H groups in total. The van der Waals surface area contributed by atoms with Crippen molar-refractivity contribution in [2.45, 2.75) is 32.2 Å². The van der Waals surface area contributed by atoms with Gasteiger partial charge in [-0.3, -0.25) is 0 Å². The molecule has 1 heterocycles. The lowest BCUT2D eigenvalue weighted by molar-refractivity contribution is 0.151. The molecule has 15 heavy (non-hydrogen) atoms. The summed E-state index contributed by atoms with van der Waals surface area (Å²) in [6.07, 6.45) is 3.26. The Kier molecular flexibility index (Phi) is 2.81. The van der Waals surface area contributed by atoms with Crippen LogP contribution < -0.4 is 5.32 Å². The molecule has 0 amide bonds. The predicted molar refractivity (Wildman–Crippen MR) is 62.8 cm³/mol. The summed E-state index contributed by atoms with van der Waals surface area (Å²) < 4.78 is 0. The van der Waals surface area contributed by atoms with Gasteiger partial charge in [0.15, 0.2) is 0 Å². The van der Waals surface area contributed by atoms with Crippen LogP contribution >= 0.6 is 11.3 Å². The van der Waals surface area contributed by atoms with Crippen LogP contribution in [0.25, 0.3) is 0 Å². The molecule has 0 saturated heterocycles. The first-order valence-electron chi connectivity index (χ1n) is 5.36. The van der Waals surface area contributed by atoms with Gasteiger partial charge in [-0.05, 0) is 43.8 Å². The van der Waals surface area contributed by atoms with Crippen molar-refractivity contribution in [1.82, 2.24) is 5.32 Å². The molecule has 1 aliphatic rings. The Labute approximate surface area is 94.9 Å². The third-order valence-electron chi connectivity index (χ3n) is 3.47. The number of nitriles is 1. The summed E-state index contributed by atoms with van der Waals surface area (Å²) in [6, 6.07) is 4.88. The van der Waals surface area contributed by atoms with Crippen LogP contribution in [-0.2, 0) is 0 Å². The van der Waals surface area contributed by atoms with E-state index >= 15 is 0 Å². The maximum absolute atomic E-state index is 9.34. The Morgan fingerprint density at radius 3 is 2.67 bits per heavy atom. The average molecular weight is 220 g/mol. The van der Waals surface area contributed by atoms with E-state index in [1.165, 1.54) is 16.9 Å².